The molecule has 0 bridgehead atoms. The molecular weight excluding hydrogens is 252 g/mol. The minimum atomic E-state index is -0.727. The molecule has 19 heavy (non-hydrogen) atoms. The van der Waals surface area contributed by atoms with Gasteiger partial charge in [-0.3, -0.25) is 0 Å². The summed E-state index contributed by atoms with van der Waals surface area (Å²) < 4.78 is 28.0. The SMILES string of the molecule is CC1(C)O[C@H]2OC(COC3CCCCO3)[C@H](O)[C@H]2O1. The normalized spacial score (nSPS) is 45.3. The largest absolute Gasteiger partial charge is 0.387 e. The van der Waals surface area contributed by atoms with Gasteiger partial charge in [-0.15, -0.1) is 0 Å². The van der Waals surface area contributed by atoms with Crippen molar-refractivity contribution in [2.45, 2.75) is 69.8 Å². The molecule has 0 saturated carbocycles. The molecule has 1 N–H and O–H groups in total. The van der Waals surface area contributed by atoms with Crippen molar-refractivity contribution in [2.75, 3.05) is 13.2 Å². The van der Waals surface area contributed by atoms with Gasteiger partial charge in [0.05, 0.1) is 6.61 Å². The molecule has 3 fully saturated rings. The molecule has 0 aromatic carbocycles. The molecule has 0 aliphatic carbocycles. The van der Waals surface area contributed by atoms with Crippen molar-refractivity contribution < 1.29 is 28.8 Å². The van der Waals surface area contributed by atoms with Crippen LogP contribution in [0, 0.1) is 0 Å². The number of aliphatic hydroxyl groups is 1. The quantitative estimate of drug-likeness (QED) is 0.820. The average molecular weight is 274 g/mol. The highest BCUT2D eigenvalue weighted by Crippen LogP contribution is 2.37. The first kappa shape index (κ1) is 13.7. The Morgan fingerprint density at radius 1 is 1.26 bits per heavy atom. The topological polar surface area (TPSA) is 66.4 Å². The first-order valence-electron chi connectivity index (χ1n) is 6.97. The summed E-state index contributed by atoms with van der Waals surface area (Å²) in [6.45, 7) is 4.65. The Bertz CT molecular complexity index is 314. The van der Waals surface area contributed by atoms with Crippen LogP contribution >= 0.6 is 0 Å². The molecule has 0 aromatic rings. The fourth-order valence-electron chi connectivity index (χ4n) is 2.74. The highest BCUT2D eigenvalue weighted by molar-refractivity contribution is 4.92. The van der Waals surface area contributed by atoms with E-state index in [1.54, 1.807) is 0 Å². The smallest absolute Gasteiger partial charge is 0.190 e. The van der Waals surface area contributed by atoms with Crippen molar-refractivity contribution in [2.24, 2.45) is 0 Å². The third-order valence-electron chi connectivity index (χ3n) is 3.70. The molecule has 110 valence electrons. The number of aliphatic hydroxyl groups excluding tert-OH is 1. The van der Waals surface area contributed by atoms with Gasteiger partial charge in [-0.25, -0.2) is 0 Å². The first-order valence-corrected chi connectivity index (χ1v) is 6.97. The lowest BCUT2D eigenvalue weighted by molar-refractivity contribution is -0.233. The number of fused-ring (bicyclic) bond motifs is 1. The predicted octanol–water partition coefficient (Wildman–Crippen LogP) is 0.767. The van der Waals surface area contributed by atoms with E-state index in [1.807, 2.05) is 13.8 Å². The van der Waals surface area contributed by atoms with Gasteiger partial charge in [0.2, 0.25) is 0 Å². The Kier molecular flexibility index (Phi) is 3.81. The molecule has 0 spiro atoms. The monoisotopic (exact) mass is 274 g/mol. The number of hydrogen-bond donors (Lipinski definition) is 1. The van der Waals surface area contributed by atoms with E-state index in [0.29, 0.717) is 6.61 Å². The summed E-state index contributed by atoms with van der Waals surface area (Å²) in [6.07, 6.45) is 0.834. The van der Waals surface area contributed by atoms with Crippen molar-refractivity contribution in [1.82, 2.24) is 0 Å². The molecule has 0 radical (unpaired) electrons. The van der Waals surface area contributed by atoms with Crippen LogP contribution in [0.4, 0.5) is 0 Å². The minimum Gasteiger partial charge on any atom is -0.387 e. The van der Waals surface area contributed by atoms with Crippen LogP contribution in [0.5, 0.6) is 0 Å². The van der Waals surface area contributed by atoms with Gasteiger partial charge in [0.25, 0.3) is 0 Å². The lowest BCUT2D eigenvalue weighted by atomic mass is 10.1. The van der Waals surface area contributed by atoms with Gasteiger partial charge in [-0.05, 0) is 33.1 Å². The van der Waals surface area contributed by atoms with Crippen LogP contribution < -0.4 is 0 Å². The Morgan fingerprint density at radius 3 is 2.79 bits per heavy atom. The van der Waals surface area contributed by atoms with Crippen LogP contribution in [0.1, 0.15) is 33.1 Å². The van der Waals surface area contributed by atoms with E-state index in [2.05, 4.69) is 0 Å². The van der Waals surface area contributed by atoms with Gasteiger partial charge in [-0.1, -0.05) is 0 Å². The minimum absolute atomic E-state index is 0.178. The highest BCUT2D eigenvalue weighted by Gasteiger charge is 2.54. The molecule has 3 rings (SSSR count). The van der Waals surface area contributed by atoms with E-state index < -0.39 is 30.4 Å². The molecule has 3 saturated heterocycles. The van der Waals surface area contributed by atoms with E-state index in [0.717, 1.165) is 25.9 Å². The van der Waals surface area contributed by atoms with E-state index in [9.17, 15) is 5.11 Å². The molecule has 0 amide bonds. The van der Waals surface area contributed by atoms with Crippen LogP contribution in [0.15, 0.2) is 0 Å². The summed E-state index contributed by atoms with van der Waals surface area (Å²) in [6, 6.07) is 0. The number of ether oxygens (including phenoxy) is 5. The molecule has 0 aromatic heterocycles. The number of rotatable bonds is 3. The van der Waals surface area contributed by atoms with Gasteiger partial charge in [0.15, 0.2) is 18.4 Å². The van der Waals surface area contributed by atoms with E-state index in [1.165, 1.54) is 0 Å². The van der Waals surface area contributed by atoms with Crippen molar-refractivity contribution in [1.29, 1.82) is 0 Å². The Labute approximate surface area is 112 Å². The zero-order chi connectivity index (χ0) is 13.5. The molecule has 5 atom stereocenters. The average Bonchev–Trinajstić information content (AvgIpc) is 2.83. The summed E-state index contributed by atoms with van der Waals surface area (Å²) in [7, 11) is 0. The van der Waals surface area contributed by atoms with Gasteiger partial charge >= 0.3 is 0 Å². The zero-order valence-electron chi connectivity index (χ0n) is 11.4. The van der Waals surface area contributed by atoms with Crippen LogP contribution in [0.3, 0.4) is 0 Å². The highest BCUT2D eigenvalue weighted by atomic mass is 16.8. The van der Waals surface area contributed by atoms with Crippen molar-refractivity contribution in [3.05, 3.63) is 0 Å². The maximum absolute atomic E-state index is 10.2. The van der Waals surface area contributed by atoms with Crippen LogP contribution in [-0.4, -0.2) is 55.0 Å². The van der Waals surface area contributed by atoms with E-state index in [4.69, 9.17) is 23.7 Å². The molecule has 3 heterocycles. The summed E-state index contributed by atoms with van der Waals surface area (Å²) in [4.78, 5) is 0. The van der Waals surface area contributed by atoms with Gasteiger partial charge in [0, 0.05) is 6.61 Å². The van der Waals surface area contributed by atoms with Crippen LogP contribution in [0.2, 0.25) is 0 Å². The van der Waals surface area contributed by atoms with Gasteiger partial charge in [-0.2, -0.15) is 0 Å². The van der Waals surface area contributed by atoms with Crippen molar-refractivity contribution in [3.63, 3.8) is 0 Å². The first-order chi connectivity index (χ1) is 9.05. The van der Waals surface area contributed by atoms with Gasteiger partial charge in [0.1, 0.15) is 18.3 Å². The summed E-state index contributed by atoms with van der Waals surface area (Å²) in [5, 5.41) is 10.2. The molecule has 6 heteroatoms. The van der Waals surface area contributed by atoms with E-state index >= 15 is 0 Å². The molecule has 3 aliphatic heterocycles. The fourth-order valence-corrected chi connectivity index (χ4v) is 2.74. The van der Waals surface area contributed by atoms with Crippen molar-refractivity contribution >= 4 is 0 Å². The van der Waals surface area contributed by atoms with Crippen LogP contribution in [-0.2, 0) is 23.7 Å². The lowest BCUT2D eigenvalue weighted by Crippen LogP contribution is -2.38. The third kappa shape index (κ3) is 2.94. The summed E-state index contributed by atoms with van der Waals surface area (Å²) in [5.41, 5.74) is 0. The Morgan fingerprint density at radius 2 is 2.11 bits per heavy atom. The molecule has 2 unspecified atom stereocenters. The van der Waals surface area contributed by atoms with Crippen molar-refractivity contribution in [3.8, 4) is 0 Å². The summed E-state index contributed by atoms with van der Waals surface area (Å²) >= 11 is 0. The van der Waals surface area contributed by atoms with Crippen LogP contribution in [0.25, 0.3) is 0 Å². The molecule has 3 aliphatic rings. The third-order valence-corrected chi connectivity index (χ3v) is 3.70. The second-order valence-electron chi connectivity index (χ2n) is 5.76. The Balaban J connectivity index is 1.48. The lowest BCUT2D eigenvalue weighted by Gasteiger charge is -2.26. The standard InChI is InChI=1S/C13H22O6/c1-13(2)18-11-10(14)8(17-12(11)19-13)7-16-9-5-3-4-6-15-9/h8-12,14H,3-7H2,1-2H3/t8?,9?,10-,11+,12+/m0/s1. The zero-order valence-corrected chi connectivity index (χ0v) is 11.4. The predicted molar refractivity (Wildman–Crippen MR) is 64.2 cm³/mol. The fraction of sp³-hybridized carbons (Fsp3) is 1.00. The maximum Gasteiger partial charge on any atom is 0.190 e. The molecule has 6 nitrogen and oxygen atoms in total. The second kappa shape index (κ2) is 5.27. The maximum atomic E-state index is 10.2. The molecular formula is C13H22O6. The van der Waals surface area contributed by atoms with E-state index in [-0.39, 0.29) is 6.29 Å². The Hall–Kier alpha value is -0.240. The summed E-state index contributed by atoms with van der Waals surface area (Å²) in [5.74, 6) is -0.700. The second-order valence-corrected chi connectivity index (χ2v) is 5.76. The van der Waals surface area contributed by atoms with Gasteiger partial charge < -0.3 is 28.8 Å². The number of hydrogen-bond acceptors (Lipinski definition) is 6.